The first-order chi connectivity index (χ1) is 15.1. The van der Waals surface area contributed by atoms with E-state index in [0.717, 1.165) is 4.57 Å². The van der Waals surface area contributed by atoms with Gasteiger partial charge in [-0.15, -0.1) is 0 Å². The van der Waals surface area contributed by atoms with Crippen LogP contribution in [0.3, 0.4) is 0 Å². The van der Waals surface area contributed by atoms with Gasteiger partial charge in [0, 0.05) is 24.7 Å². The molecule has 13 nitrogen and oxygen atoms in total. The molecule has 1 aromatic heterocycles. The van der Waals surface area contributed by atoms with E-state index >= 15 is 0 Å². The summed E-state index contributed by atoms with van der Waals surface area (Å²) in [6.45, 7) is 0.287. The van der Waals surface area contributed by atoms with E-state index in [-0.39, 0.29) is 30.1 Å². The van der Waals surface area contributed by atoms with Gasteiger partial charge in [0.1, 0.15) is 30.0 Å². The summed E-state index contributed by atoms with van der Waals surface area (Å²) in [5.74, 6) is -0.351. The minimum atomic E-state index is -5.09. The van der Waals surface area contributed by atoms with Crippen LogP contribution in [0.15, 0.2) is 35.3 Å². The molecule has 2 heterocycles. The number of carbonyl (C=O) groups is 1. The smallest absolute Gasteiger partial charge is 0.470 e. The monoisotopic (exact) mass is 470 g/mol. The Morgan fingerprint density at radius 1 is 1.41 bits per heavy atom. The van der Waals surface area contributed by atoms with Crippen molar-refractivity contribution in [2.45, 2.75) is 37.4 Å². The van der Waals surface area contributed by atoms with Crippen LogP contribution < -0.4 is 16.7 Å². The van der Waals surface area contributed by atoms with Gasteiger partial charge >= 0.3 is 13.5 Å². The molecule has 2 aromatic rings. The first-order valence-corrected chi connectivity index (χ1v) is 11.0. The summed E-state index contributed by atoms with van der Waals surface area (Å²) in [6.07, 6.45) is -3.14. The third kappa shape index (κ3) is 5.71. The fraction of sp³-hybridized carbons (Fsp3) is 0.389. The van der Waals surface area contributed by atoms with Crippen LogP contribution in [-0.2, 0) is 25.0 Å². The molecule has 7 N–H and O–H groups in total. The second-order valence-corrected chi connectivity index (χ2v) is 8.32. The Morgan fingerprint density at radius 3 is 2.81 bits per heavy atom. The lowest BCUT2D eigenvalue weighted by Crippen LogP contribution is -2.31. The zero-order valence-corrected chi connectivity index (χ0v) is 17.5. The van der Waals surface area contributed by atoms with Crippen LogP contribution >= 0.6 is 7.82 Å². The molecule has 4 atom stereocenters. The number of ether oxygens (including phenoxy) is 1. The maximum Gasteiger partial charge on any atom is 0.470 e. The van der Waals surface area contributed by atoms with Crippen molar-refractivity contribution in [1.82, 2.24) is 14.9 Å². The van der Waals surface area contributed by atoms with E-state index in [1.54, 1.807) is 6.07 Å². The topological polar surface area (TPSA) is 206 Å². The zero-order valence-electron chi connectivity index (χ0n) is 16.6. The lowest BCUT2D eigenvalue weighted by molar-refractivity contribution is -0.109. The van der Waals surface area contributed by atoms with Crippen LogP contribution in [-0.4, -0.2) is 54.7 Å². The molecule has 1 amide bonds. The Labute approximate surface area is 181 Å². The lowest BCUT2D eigenvalue weighted by atomic mass is 9.97. The molecule has 1 aromatic carbocycles. The number of phenols is 1. The number of aliphatic hydroxyl groups is 1. The van der Waals surface area contributed by atoms with Crippen LogP contribution in [0.2, 0.25) is 0 Å². The van der Waals surface area contributed by atoms with Crippen molar-refractivity contribution >= 4 is 20.1 Å². The number of phosphoric ester groups is 1. The molecular weight excluding hydrogens is 447 g/mol. The number of hydrogen-bond acceptors (Lipinski definition) is 9. The summed E-state index contributed by atoms with van der Waals surface area (Å²) >= 11 is 0. The van der Waals surface area contributed by atoms with Crippen LogP contribution in [0, 0.1) is 0 Å². The Bertz CT molecular complexity index is 1070. The number of aliphatic hydroxyl groups excluding tert-OH is 1. The van der Waals surface area contributed by atoms with E-state index in [0.29, 0.717) is 18.4 Å². The Kier molecular flexibility index (Phi) is 7.29. The van der Waals surface area contributed by atoms with Gasteiger partial charge in [-0.3, -0.25) is 13.9 Å². The van der Waals surface area contributed by atoms with Gasteiger partial charge in [-0.1, -0.05) is 6.07 Å². The largest absolute Gasteiger partial charge is 0.508 e. The minimum Gasteiger partial charge on any atom is -0.508 e. The Morgan fingerprint density at radius 2 is 2.16 bits per heavy atom. The number of anilines is 1. The summed E-state index contributed by atoms with van der Waals surface area (Å²) in [7, 11) is -5.09. The van der Waals surface area contributed by atoms with E-state index in [1.165, 1.54) is 24.4 Å². The van der Waals surface area contributed by atoms with E-state index in [2.05, 4.69) is 10.3 Å². The molecule has 1 aliphatic heterocycles. The van der Waals surface area contributed by atoms with E-state index < -0.39 is 38.1 Å². The van der Waals surface area contributed by atoms with E-state index in [1.807, 2.05) is 0 Å². The standard InChI is InChI=1S/C18H23N4O9P/c19-14-4-6-22(18(26)21-14)15-8-13(25)17(30-15)16(31-32(27,28)29)11-7-10(1-2-12(11)24)3-5-20-9-23/h1-2,4,6-7,9,13,15-17,24-25H,3,5,8H2,(H,20,23)(H2,19,21,26)(H2,27,28,29)/t13-,15+,16?,17-/m0/s1. The summed E-state index contributed by atoms with van der Waals surface area (Å²) in [6, 6.07) is 5.66. The second kappa shape index (κ2) is 9.77. The molecule has 32 heavy (non-hydrogen) atoms. The Balaban J connectivity index is 1.94. The first kappa shape index (κ1) is 23.9. The maximum absolute atomic E-state index is 12.1. The number of nitrogen functional groups attached to an aromatic ring is 1. The van der Waals surface area contributed by atoms with Gasteiger partial charge < -0.3 is 35.8 Å². The number of rotatable bonds is 9. The van der Waals surface area contributed by atoms with Gasteiger partial charge in [-0.2, -0.15) is 4.98 Å². The Hall–Kier alpha value is -2.80. The highest BCUT2D eigenvalue weighted by Crippen LogP contribution is 2.49. The first-order valence-electron chi connectivity index (χ1n) is 9.50. The van der Waals surface area contributed by atoms with Crippen molar-refractivity contribution in [3.63, 3.8) is 0 Å². The van der Waals surface area contributed by atoms with Crippen LogP contribution in [0.4, 0.5) is 5.82 Å². The molecule has 1 aliphatic rings. The van der Waals surface area contributed by atoms with Crippen molar-refractivity contribution < 1.29 is 38.6 Å². The molecule has 174 valence electrons. The molecular formula is C18H23N4O9P. The quantitative estimate of drug-likeness (QED) is 0.154. The van der Waals surface area contributed by atoms with Gasteiger partial charge in [-0.05, 0) is 30.2 Å². The number of benzene rings is 1. The van der Waals surface area contributed by atoms with Crippen LogP contribution in [0.5, 0.6) is 5.75 Å². The molecule has 0 spiro atoms. The fourth-order valence-corrected chi connectivity index (χ4v) is 4.00. The normalized spacial score (nSPS) is 21.9. The number of nitrogens with zero attached hydrogens (tertiary/aromatic N) is 2. The van der Waals surface area contributed by atoms with Crippen molar-refractivity contribution in [2.24, 2.45) is 0 Å². The fourth-order valence-electron chi connectivity index (χ4n) is 3.47. The number of hydrogen-bond donors (Lipinski definition) is 6. The minimum absolute atomic E-state index is 0.00476. The van der Waals surface area contributed by atoms with Gasteiger partial charge in [0.2, 0.25) is 6.41 Å². The SMILES string of the molecule is Nc1ccn([C@H]2C[C@H](O)[C@@H](C(OP(=O)(O)O)c3cc(CCNC=O)ccc3O)O2)c(=O)n1. The molecule has 0 radical (unpaired) electrons. The average molecular weight is 470 g/mol. The third-order valence-electron chi connectivity index (χ3n) is 4.89. The highest BCUT2D eigenvalue weighted by Gasteiger charge is 2.44. The maximum atomic E-state index is 12.1. The molecule has 14 heteroatoms. The second-order valence-electron chi connectivity index (χ2n) is 7.13. The molecule has 1 saturated heterocycles. The number of carbonyl (C=O) groups excluding carboxylic acids is 1. The number of phosphoric acid groups is 1. The number of nitrogens with one attached hydrogen (secondary N) is 1. The number of phenolic OH excluding ortho intramolecular Hbond substituents is 1. The zero-order chi connectivity index (χ0) is 23.5. The lowest BCUT2D eigenvalue weighted by Gasteiger charge is -2.27. The predicted molar refractivity (Wildman–Crippen MR) is 109 cm³/mol. The van der Waals surface area contributed by atoms with Gasteiger partial charge in [0.05, 0.1) is 6.10 Å². The van der Waals surface area contributed by atoms with Crippen LogP contribution in [0.1, 0.15) is 29.9 Å². The third-order valence-corrected chi connectivity index (χ3v) is 5.39. The van der Waals surface area contributed by atoms with Crippen molar-refractivity contribution in [3.8, 4) is 5.75 Å². The molecule has 0 aliphatic carbocycles. The predicted octanol–water partition coefficient (Wildman–Crippen LogP) is -0.681. The van der Waals surface area contributed by atoms with Gasteiger partial charge in [-0.25, -0.2) is 9.36 Å². The molecule has 0 bridgehead atoms. The van der Waals surface area contributed by atoms with E-state index in [9.17, 15) is 34.2 Å². The highest BCUT2D eigenvalue weighted by molar-refractivity contribution is 7.46. The van der Waals surface area contributed by atoms with E-state index in [4.69, 9.17) is 15.0 Å². The van der Waals surface area contributed by atoms with Gasteiger partial charge in [0.25, 0.3) is 0 Å². The summed E-state index contributed by atoms with van der Waals surface area (Å²) in [5.41, 5.74) is 5.32. The van der Waals surface area contributed by atoms with Crippen molar-refractivity contribution in [3.05, 3.63) is 52.1 Å². The van der Waals surface area contributed by atoms with Crippen LogP contribution in [0.25, 0.3) is 0 Å². The average Bonchev–Trinajstić information content (AvgIpc) is 3.08. The molecule has 1 fully saturated rings. The number of aromatic nitrogens is 2. The molecule has 1 unspecified atom stereocenters. The summed E-state index contributed by atoms with van der Waals surface area (Å²) < 4.78 is 23.4. The number of aromatic hydroxyl groups is 1. The van der Waals surface area contributed by atoms with Crippen molar-refractivity contribution in [1.29, 1.82) is 0 Å². The highest BCUT2D eigenvalue weighted by atomic mass is 31.2. The number of amides is 1. The summed E-state index contributed by atoms with van der Waals surface area (Å²) in [5, 5.41) is 23.4. The molecule has 0 saturated carbocycles. The van der Waals surface area contributed by atoms with Gasteiger partial charge in [0.15, 0.2) is 0 Å². The molecule has 3 rings (SSSR count). The summed E-state index contributed by atoms with van der Waals surface area (Å²) in [4.78, 5) is 45.0. The number of nitrogens with two attached hydrogens (primary N) is 1. The van der Waals surface area contributed by atoms with Crippen molar-refractivity contribution in [2.75, 3.05) is 12.3 Å².